The monoisotopic (exact) mass is 329 g/mol. The van der Waals surface area contributed by atoms with Gasteiger partial charge in [-0.1, -0.05) is 17.7 Å². The molecule has 1 aromatic heterocycles. The maximum atomic E-state index is 12.2. The van der Waals surface area contributed by atoms with E-state index >= 15 is 0 Å². The molecule has 0 bridgehead atoms. The van der Waals surface area contributed by atoms with Crippen molar-refractivity contribution < 1.29 is 9.59 Å². The second-order valence-corrected chi connectivity index (χ2v) is 6.67. The third kappa shape index (κ3) is 3.90. The van der Waals surface area contributed by atoms with Crippen LogP contribution in [0.3, 0.4) is 0 Å². The number of carbonyl (C=O) groups excluding carboxylic acids is 2. The van der Waals surface area contributed by atoms with Crippen molar-refractivity contribution in [2.24, 2.45) is 5.92 Å². The molecular weight excluding hydrogens is 310 g/mol. The molecule has 6 heteroatoms. The molecule has 0 spiro atoms. The Morgan fingerprint density at radius 2 is 2.09 bits per heavy atom. The largest absolute Gasteiger partial charge is 0.337 e. The highest BCUT2D eigenvalue weighted by molar-refractivity contribution is 7.14. The zero-order chi connectivity index (χ0) is 16.2. The Balaban J connectivity index is 1.51. The first-order valence-electron chi connectivity index (χ1n) is 7.57. The SMILES string of the molecule is Cc1ccc(N2CC(CNC(=O)Nc3cccs3)CC2=O)cc1. The topological polar surface area (TPSA) is 61.4 Å². The lowest BCUT2D eigenvalue weighted by Crippen LogP contribution is -2.34. The van der Waals surface area contributed by atoms with Gasteiger partial charge in [0.15, 0.2) is 0 Å². The molecule has 3 amide bonds. The normalized spacial score (nSPS) is 17.3. The lowest BCUT2D eigenvalue weighted by molar-refractivity contribution is -0.117. The molecule has 1 aromatic carbocycles. The molecule has 1 fully saturated rings. The minimum absolute atomic E-state index is 0.110. The summed E-state index contributed by atoms with van der Waals surface area (Å²) in [6.07, 6.45) is 0.465. The number of hydrogen-bond donors (Lipinski definition) is 2. The van der Waals surface area contributed by atoms with Crippen molar-refractivity contribution in [3.8, 4) is 0 Å². The summed E-state index contributed by atoms with van der Waals surface area (Å²) in [5.74, 6) is 0.247. The Labute approximate surface area is 139 Å². The number of rotatable bonds is 4. The van der Waals surface area contributed by atoms with Crippen LogP contribution in [0.25, 0.3) is 0 Å². The highest BCUT2D eigenvalue weighted by atomic mass is 32.1. The summed E-state index contributed by atoms with van der Waals surface area (Å²) in [4.78, 5) is 25.8. The van der Waals surface area contributed by atoms with Crippen LogP contribution in [0.1, 0.15) is 12.0 Å². The van der Waals surface area contributed by atoms with Crippen LogP contribution >= 0.6 is 11.3 Å². The summed E-state index contributed by atoms with van der Waals surface area (Å²) in [5, 5.41) is 8.34. The number of urea groups is 1. The van der Waals surface area contributed by atoms with Crippen LogP contribution in [0.4, 0.5) is 15.5 Å². The van der Waals surface area contributed by atoms with Gasteiger partial charge in [0.1, 0.15) is 0 Å². The molecule has 2 heterocycles. The van der Waals surface area contributed by atoms with Crippen LogP contribution < -0.4 is 15.5 Å². The summed E-state index contributed by atoms with van der Waals surface area (Å²) in [7, 11) is 0. The zero-order valence-electron chi connectivity index (χ0n) is 12.9. The summed E-state index contributed by atoms with van der Waals surface area (Å²) >= 11 is 1.47. The molecule has 3 rings (SSSR count). The van der Waals surface area contributed by atoms with Crippen LogP contribution in [0.5, 0.6) is 0 Å². The highest BCUT2D eigenvalue weighted by Gasteiger charge is 2.30. The Morgan fingerprint density at radius 1 is 1.30 bits per heavy atom. The van der Waals surface area contributed by atoms with E-state index < -0.39 is 0 Å². The predicted molar refractivity (Wildman–Crippen MR) is 93.0 cm³/mol. The molecule has 1 saturated heterocycles. The van der Waals surface area contributed by atoms with Gasteiger partial charge in [-0.25, -0.2) is 4.79 Å². The smallest absolute Gasteiger partial charge is 0.319 e. The second kappa shape index (κ2) is 6.83. The van der Waals surface area contributed by atoms with Crippen LogP contribution in [-0.4, -0.2) is 25.0 Å². The molecule has 2 N–H and O–H groups in total. The fourth-order valence-electron chi connectivity index (χ4n) is 2.64. The summed E-state index contributed by atoms with van der Waals surface area (Å²) in [5.41, 5.74) is 2.09. The van der Waals surface area contributed by atoms with E-state index in [4.69, 9.17) is 0 Å². The van der Waals surface area contributed by atoms with Gasteiger partial charge < -0.3 is 10.2 Å². The molecule has 0 radical (unpaired) electrons. The highest BCUT2D eigenvalue weighted by Crippen LogP contribution is 2.25. The molecular formula is C17H19N3O2S. The number of amides is 3. The van der Waals surface area contributed by atoms with E-state index in [1.807, 2.05) is 48.7 Å². The van der Waals surface area contributed by atoms with Gasteiger partial charge in [-0.3, -0.25) is 10.1 Å². The van der Waals surface area contributed by atoms with E-state index in [9.17, 15) is 9.59 Å². The number of hydrogen-bond acceptors (Lipinski definition) is 3. The molecule has 5 nitrogen and oxygen atoms in total. The Bertz CT molecular complexity index is 682. The van der Waals surface area contributed by atoms with Gasteiger partial charge in [0.2, 0.25) is 5.91 Å². The summed E-state index contributed by atoms with van der Waals surface area (Å²) in [6, 6.07) is 11.4. The Kier molecular flexibility index (Phi) is 4.62. The molecule has 2 aromatic rings. The first-order valence-corrected chi connectivity index (χ1v) is 8.45. The molecule has 120 valence electrons. The summed E-state index contributed by atoms with van der Waals surface area (Å²) in [6.45, 7) is 3.15. The lowest BCUT2D eigenvalue weighted by atomic mass is 10.1. The van der Waals surface area contributed by atoms with Crippen molar-refractivity contribution >= 4 is 34.0 Å². The van der Waals surface area contributed by atoms with Gasteiger partial charge in [-0.05, 0) is 36.6 Å². The number of aryl methyl sites for hydroxylation is 1. The zero-order valence-corrected chi connectivity index (χ0v) is 13.7. The molecule has 1 unspecified atom stereocenters. The van der Waals surface area contributed by atoms with Crippen molar-refractivity contribution in [1.29, 1.82) is 0 Å². The average Bonchev–Trinajstić information content (AvgIpc) is 3.16. The second-order valence-electron chi connectivity index (χ2n) is 5.72. The van der Waals surface area contributed by atoms with Crippen LogP contribution in [-0.2, 0) is 4.79 Å². The standard InChI is InChI=1S/C17H19N3O2S/c1-12-4-6-14(7-5-12)20-11-13(9-16(20)21)10-18-17(22)19-15-3-2-8-23-15/h2-8,13H,9-11H2,1H3,(H2,18,19,22). The minimum Gasteiger partial charge on any atom is -0.337 e. The van der Waals surface area contributed by atoms with Gasteiger partial charge in [0, 0.05) is 31.1 Å². The van der Waals surface area contributed by atoms with E-state index in [0.717, 1.165) is 10.7 Å². The number of benzene rings is 1. The number of thiophene rings is 1. The van der Waals surface area contributed by atoms with E-state index in [-0.39, 0.29) is 17.9 Å². The van der Waals surface area contributed by atoms with Crippen LogP contribution in [0, 0.1) is 12.8 Å². The van der Waals surface area contributed by atoms with Crippen molar-refractivity contribution in [1.82, 2.24) is 5.32 Å². The number of carbonyl (C=O) groups is 2. The van der Waals surface area contributed by atoms with E-state index in [1.165, 1.54) is 16.9 Å². The predicted octanol–water partition coefficient (Wildman–Crippen LogP) is 3.23. The lowest BCUT2D eigenvalue weighted by Gasteiger charge is -2.17. The molecule has 23 heavy (non-hydrogen) atoms. The Hall–Kier alpha value is -2.34. The van der Waals surface area contributed by atoms with Gasteiger partial charge in [-0.15, -0.1) is 11.3 Å². The van der Waals surface area contributed by atoms with Gasteiger partial charge >= 0.3 is 6.03 Å². The molecule has 1 aliphatic heterocycles. The van der Waals surface area contributed by atoms with Crippen molar-refractivity contribution in [2.45, 2.75) is 13.3 Å². The maximum Gasteiger partial charge on any atom is 0.319 e. The first kappa shape index (κ1) is 15.6. The third-order valence-corrected chi connectivity index (χ3v) is 4.65. The minimum atomic E-state index is -0.228. The van der Waals surface area contributed by atoms with Gasteiger partial charge in [0.25, 0.3) is 0 Å². The number of anilines is 2. The maximum absolute atomic E-state index is 12.2. The molecule has 1 atom stereocenters. The van der Waals surface area contributed by atoms with Crippen molar-refractivity contribution in [3.05, 3.63) is 47.3 Å². The fourth-order valence-corrected chi connectivity index (χ4v) is 3.25. The van der Waals surface area contributed by atoms with E-state index in [0.29, 0.717) is 19.5 Å². The van der Waals surface area contributed by atoms with Crippen molar-refractivity contribution in [2.75, 3.05) is 23.3 Å². The molecule has 1 aliphatic rings. The number of nitrogens with one attached hydrogen (secondary N) is 2. The molecule has 0 saturated carbocycles. The van der Waals surface area contributed by atoms with Crippen LogP contribution in [0.2, 0.25) is 0 Å². The van der Waals surface area contributed by atoms with Crippen LogP contribution in [0.15, 0.2) is 41.8 Å². The van der Waals surface area contributed by atoms with E-state index in [1.54, 1.807) is 4.90 Å². The number of nitrogens with zero attached hydrogens (tertiary/aromatic N) is 1. The average molecular weight is 329 g/mol. The summed E-state index contributed by atoms with van der Waals surface area (Å²) < 4.78 is 0. The third-order valence-electron chi connectivity index (χ3n) is 3.86. The fraction of sp³-hybridized carbons (Fsp3) is 0.294. The van der Waals surface area contributed by atoms with Crippen molar-refractivity contribution in [3.63, 3.8) is 0 Å². The first-order chi connectivity index (χ1) is 11.1. The Morgan fingerprint density at radius 3 is 2.78 bits per heavy atom. The molecule has 0 aliphatic carbocycles. The van der Waals surface area contributed by atoms with Gasteiger partial charge in [0.05, 0.1) is 5.00 Å². The quantitative estimate of drug-likeness (QED) is 0.904. The van der Waals surface area contributed by atoms with E-state index in [2.05, 4.69) is 10.6 Å². The van der Waals surface area contributed by atoms with Gasteiger partial charge in [-0.2, -0.15) is 0 Å².